The Morgan fingerprint density at radius 2 is 1.64 bits per heavy atom. The summed E-state index contributed by atoms with van der Waals surface area (Å²) in [6.07, 6.45) is 8.42. The molecule has 36 heavy (non-hydrogen) atoms. The van der Waals surface area contributed by atoms with Crippen LogP contribution in [0.25, 0.3) is 38.8 Å². The van der Waals surface area contributed by atoms with E-state index < -0.39 is 0 Å². The van der Waals surface area contributed by atoms with Crippen LogP contribution in [0.1, 0.15) is 57.6 Å². The van der Waals surface area contributed by atoms with Crippen molar-refractivity contribution in [1.29, 1.82) is 0 Å². The number of benzene rings is 3. The molecule has 2 aromatic heterocycles. The SMILES string of the molecule is CCCCc1ccc2c3ccccc3n(-c3ccc4c(c3)-c3cccc[n+]3C3(CC)[I-]C43CC)c2c1. The van der Waals surface area contributed by atoms with Crippen molar-refractivity contribution in [2.24, 2.45) is 0 Å². The third-order valence-corrected chi connectivity index (χ3v) is 14.3. The van der Waals surface area contributed by atoms with E-state index in [1.807, 2.05) is 0 Å². The monoisotopic (exact) mass is 584 g/mol. The summed E-state index contributed by atoms with van der Waals surface area (Å²) in [7, 11) is 0. The number of fused-ring (bicyclic) bond motifs is 9. The van der Waals surface area contributed by atoms with Gasteiger partial charge in [0.1, 0.15) is 0 Å². The summed E-state index contributed by atoms with van der Waals surface area (Å²) in [5, 5.41) is 2.69. The summed E-state index contributed by atoms with van der Waals surface area (Å²) < 4.78 is 5.87. The Morgan fingerprint density at radius 1 is 0.806 bits per heavy atom. The van der Waals surface area contributed by atoms with E-state index in [0.29, 0.717) is 6.97 Å². The van der Waals surface area contributed by atoms with Crippen molar-refractivity contribution in [1.82, 2.24) is 4.57 Å². The molecular formula is C33H33IN2. The fraction of sp³-hybridized carbons (Fsp3) is 0.303. The number of rotatable bonds is 6. The van der Waals surface area contributed by atoms with Crippen molar-refractivity contribution in [3.63, 3.8) is 0 Å². The predicted octanol–water partition coefficient (Wildman–Crippen LogP) is 4.87. The van der Waals surface area contributed by atoms with Gasteiger partial charge in [0, 0.05) is 0 Å². The van der Waals surface area contributed by atoms with Crippen LogP contribution in [-0.4, -0.2) is 4.57 Å². The van der Waals surface area contributed by atoms with E-state index in [4.69, 9.17) is 0 Å². The van der Waals surface area contributed by atoms with E-state index in [2.05, 4.69) is 115 Å². The van der Waals surface area contributed by atoms with Crippen LogP contribution in [0.2, 0.25) is 0 Å². The molecule has 5 aromatic rings. The maximum atomic E-state index is 2.66. The molecule has 0 N–H and O–H groups in total. The fourth-order valence-electron chi connectivity index (χ4n) is 6.81. The summed E-state index contributed by atoms with van der Waals surface area (Å²) in [6, 6.07) is 30.2. The normalized spacial score (nSPS) is 22.1. The first kappa shape index (κ1) is 22.5. The Bertz CT molecular complexity index is 1650. The molecule has 1 saturated heterocycles. The van der Waals surface area contributed by atoms with Gasteiger partial charge in [-0.05, 0) is 0 Å². The zero-order valence-corrected chi connectivity index (χ0v) is 23.5. The number of alkyl halides is 2. The van der Waals surface area contributed by atoms with Crippen LogP contribution >= 0.6 is 0 Å². The first-order chi connectivity index (χ1) is 17.7. The topological polar surface area (TPSA) is 8.81 Å². The molecule has 2 aliphatic rings. The van der Waals surface area contributed by atoms with Crippen molar-refractivity contribution < 1.29 is 25.8 Å². The Balaban J connectivity index is 1.49. The molecule has 182 valence electrons. The minimum atomic E-state index is 0.0509. The van der Waals surface area contributed by atoms with Gasteiger partial charge < -0.3 is 0 Å². The molecule has 2 aliphatic heterocycles. The van der Waals surface area contributed by atoms with E-state index in [-0.39, 0.29) is 21.2 Å². The van der Waals surface area contributed by atoms with Crippen LogP contribution in [0.3, 0.4) is 0 Å². The molecule has 3 aromatic carbocycles. The molecule has 1 fully saturated rings. The third kappa shape index (κ3) is 2.87. The average molecular weight is 585 g/mol. The Labute approximate surface area is 224 Å². The zero-order valence-electron chi connectivity index (χ0n) is 21.4. The number of aryl methyl sites for hydroxylation is 1. The molecule has 3 heteroatoms. The van der Waals surface area contributed by atoms with Crippen molar-refractivity contribution in [2.75, 3.05) is 0 Å². The number of aromatic nitrogens is 2. The van der Waals surface area contributed by atoms with Gasteiger partial charge in [-0.15, -0.1) is 0 Å². The summed E-state index contributed by atoms with van der Waals surface area (Å²) in [5.41, 5.74) is 9.76. The first-order valence-electron chi connectivity index (χ1n) is 13.5. The first-order valence-corrected chi connectivity index (χ1v) is 15.7. The van der Waals surface area contributed by atoms with Crippen LogP contribution in [0.5, 0.6) is 0 Å². The predicted molar refractivity (Wildman–Crippen MR) is 145 cm³/mol. The Kier molecular flexibility index (Phi) is 5.12. The number of hydrogen-bond donors (Lipinski definition) is 0. The number of para-hydroxylation sites is 1. The summed E-state index contributed by atoms with van der Waals surface area (Å²) >= 11 is 0.0509. The van der Waals surface area contributed by atoms with Gasteiger partial charge in [0.25, 0.3) is 0 Å². The summed E-state index contributed by atoms with van der Waals surface area (Å²) in [6.45, 7) is 7.08. The van der Waals surface area contributed by atoms with E-state index in [1.165, 1.54) is 70.0 Å². The second-order valence-electron chi connectivity index (χ2n) is 10.4. The number of pyridine rings is 1. The second-order valence-corrected chi connectivity index (χ2v) is 14.5. The van der Waals surface area contributed by atoms with Crippen LogP contribution in [0, 0.1) is 0 Å². The molecule has 2 atom stereocenters. The van der Waals surface area contributed by atoms with Crippen LogP contribution in [0.15, 0.2) is 85.1 Å². The second kappa shape index (κ2) is 8.17. The number of nitrogens with zero attached hydrogens (tertiary/aromatic N) is 2. The number of unbranched alkanes of at least 4 members (excludes halogenated alkanes) is 1. The van der Waals surface area contributed by atoms with Gasteiger partial charge >= 0.3 is 218 Å². The van der Waals surface area contributed by atoms with E-state index in [9.17, 15) is 0 Å². The van der Waals surface area contributed by atoms with Crippen molar-refractivity contribution in [3.05, 3.63) is 96.2 Å². The summed E-state index contributed by atoms with van der Waals surface area (Å²) in [5.74, 6) is 0. The molecule has 0 amide bonds. The van der Waals surface area contributed by atoms with Crippen LogP contribution < -0.4 is 25.8 Å². The van der Waals surface area contributed by atoms with E-state index in [1.54, 1.807) is 5.56 Å². The Hall–Kier alpha value is -2.66. The van der Waals surface area contributed by atoms with Gasteiger partial charge in [0.2, 0.25) is 0 Å². The molecule has 0 saturated carbocycles. The van der Waals surface area contributed by atoms with Gasteiger partial charge in [-0.1, -0.05) is 6.92 Å². The molecule has 2 nitrogen and oxygen atoms in total. The average Bonchev–Trinajstić information content (AvgIpc) is 3.54. The zero-order chi connectivity index (χ0) is 24.5. The molecule has 7 rings (SSSR count). The molecule has 0 spiro atoms. The maximum absolute atomic E-state index is 2.66. The quantitative estimate of drug-likeness (QED) is 0.153. The fourth-order valence-corrected chi connectivity index (χ4v) is 11.7. The van der Waals surface area contributed by atoms with Crippen molar-refractivity contribution in [2.45, 2.75) is 59.8 Å². The van der Waals surface area contributed by atoms with Crippen LogP contribution in [0.4, 0.5) is 0 Å². The Morgan fingerprint density at radius 3 is 2.47 bits per heavy atom. The van der Waals surface area contributed by atoms with Gasteiger partial charge in [-0.25, -0.2) is 0 Å². The standard InChI is InChI=1S/C33H33IN2/c1-4-7-12-23-16-18-26-25-13-8-9-15-30(25)36(31(26)21-23)24-17-19-28-27(22-24)29-14-10-11-20-35(29)33(6-3)32(28,5-2)34-33/h8-11,13-22H,4-7,12H2,1-3H3. The van der Waals surface area contributed by atoms with Crippen LogP contribution in [-0.2, 0) is 13.4 Å². The molecule has 4 heterocycles. The van der Waals surface area contributed by atoms with E-state index in [0.717, 1.165) is 6.42 Å². The summed E-state index contributed by atoms with van der Waals surface area (Å²) in [4.78, 5) is 0. The van der Waals surface area contributed by atoms with Gasteiger partial charge in [-0.3, -0.25) is 0 Å². The third-order valence-electron chi connectivity index (χ3n) is 8.61. The van der Waals surface area contributed by atoms with Gasteiger partial charge in [0.05, 0.1) is 0 Å². The van der Waals surface area contributed by atoms with Crippen molar-refractivity contribution >= 4 is 21.8 Å². The van der Waals surface area contributed by atoms with Gasteiger partial charge in [0.15, 0.2) is 0 Å². The number of halogens is 1. The minimum absolute atomic E-state index is 0.0509. The molecular weight excluding hydrogens is 551 g/mol. The van der Waals surface area contributed by atoms with Gasteiger partial charge in [-0.2, -0.15) is 0 Å². The van der Waals surface area contributed by atoms with E-state index >= 15 is 0 Å². The molecule has 0 bridgehead atoms. The van der Waals surface area contributed by atoms with Crippen molar-refractivity contribution in [3.8, 4) is 16.9 Å². The molecule has 0 aliphatic carbocycles. The molecule has 0 radical (unpaired) electrons. The molecule has 2 unspecified atom stereocenters. The number of hydrogen-bond acceptors (Lipinski definition) is 0.